The van der Waals surface area contributed by atoms with E-state index in [0.717, 1.165) is 35.4 Å². The van der Waals surface area contributed by atoms with E-state index in [4.69, 9.17) is 0 Å². The van der Waals surface area contributed by atoms with E-state index >= 15 is 0 Å². The molecule has 26 heavy (non-hydrogen) atoms. The second-order valence-corrected chi connectivity index (χ2v) is 6.47. The van der Waals surface area contributed by atoms with Gasteiger partial charge in [-0.2, -0.15) is 13.2 Å². The number of nitrogens with zero attached hydrogens (tertiary/aromatic N) is 1. The molecule has 1 atom stereocenters. The fraction of sp³-hybridized carbons (Fsp3) is 0.316. The van der Waals surface area contributed by atoms with Gasteiger partial charge in [0.1, 0.15) is 5.82 Å². The lowest BCUT2D eigenvalue weighted by Crippen LogP contribution is -2.45. The Morgan fingerprint density at radius 3 is 2.50 bits per heavy atom. The molecule has 0 spiro atoms. The van der Waals surface area contributed by atoms with E-state index < -0.39 is 17.6 Å². The maximum Gasteiger partial charge on any atom is 0.416 e. The van der Waals surface area contributed by atoms with E-state index in [2.05, 4.69) is 10.2 Å². The van der Waals surface area contributed by atoms with Crippen molar-refractivity contribution in [3.05, 3.63) is 70.5 Å². The molecule has 0 saturated heterocycles. The molecule has 1 aliphatic heterocycles. The molecular weight excluding hydrogens is 348 g/mol. The quantitative estimate of drug-likeness (QED) is 0.842. The first-order valence-corrected chi connectivity index (χ1v) is 8.17. The van der Waals surface area contributed by atoms with Crippen molar-refractivity contribution in [3.63, 3.8) is 0 Å². The molecule has 1 amide bonds. The largest absolute Gasteiger partial charge is 0.416 e. The third-order valence-corrected chi connectivity index (χ3v) is 4.64. The van der Waals surface area contributed by atoms with Crippen molar-refractivity contribution in [1.82, 2.24) is 10.2 Å². The molecule has 0 unspecified atom stereocenters. The van der Waals surface area contributed by atoms with Gasteiger partial charge >= 0.3 is 6.18 Å². The van der Waals surface area contributed by atoms with E-state index in [1.807, 2.05) is 7.05 Å². The molecule has 1 N–H and O–H groups in total. The summed E-state index contributed by atoms with van der Waals surface area (Å²) in [5, 5.41) is 2.75. The Balaban J connectivity index is 1.62. The number of alkyl halides is 3. The van der Waals surface area contributed by atoms with Crippen LogP contribution < -0.4 is 5.32 Å². The fourth-order valence-electron chi connectivity index (χ4n) is 3.10. The molecule has 2 aromatic carbocycles. The predicted molar refractivity (Wildman–Crippen MR) is 89.1 cm³/mol. The highest BCUT2D eigenvalue weighted by molar-refractivity contribution is 5.94. The van der Waals surface area contributed by atoms with Crippen LogP contribution in [0.4, 0.5) is 17.6 Å². The Bertz CT molecular complexity index is 802. The van der Waals surface area contributed by atoms with Crippen LogP contribution in [0.1, 0.15) is 27.0 Å². The number of fused-ring (bicyclic) bond motifs is 1. The molecule has 1 heterocycles. The van der Waals surface area contributed by atoms with Crippen molar-refractivity contribution in [1.29, 1.82) is 0 Å². The summed E-state index contributed by atoms with van der Waals surface area (Å²) < 4.78 is 51.1. The van der Waals surface area contributed by atoms with Crippen molar-refractivity contribution < 1.29 is 22.4 Å². The normalized spacial score (nSPS) is 17.7. The fourth-order valence-corrected chi connectivity index (χ4v) is 3.10. The number of likely N-dealkylation sites (N-methyl/N-ethyl adjacent to an activating group) is 1. The molecule has 0 fully saturated rings. The molecule has 0 bridgehead atoms. The van der Waals surface area contributed by atoms with Crippen molar-refractivity contribution in [3.8, 4) is 0 Å². The number of halogens is 4. The molecule has 1 aliphatic rings. The van der Waals surface area contributed by atoms with E-state index in [1.165, 1.54) is 12.1 Å². The zero-order valence-corrected chi connectivity index (χ0v) is 14.1. The molecule has 0 radical (unpaired) electrons. The van der Waals surface area contributed by atoms with Crippen LogP contribution in [0.25, 0.3) is 0 Å². The van der Waals surface area contributed by atoms with Gasteiger partial charge in [0.15, 0.2) is 0 Å². The van der Waals surface area contributed by atoms with Crippen LogP contribution in [0, 0.1) is 5.82 Å². The highest BCUT2D eigenvalue weighted by Crippen LogP contribution is 2.29. The van der Waals surface area contributed by atoms with Gasteiger partial charge in [0.25, 0.3) is 5.91 Å². The minimum atomic E-state index is -4.43. The third-order valence-electron chi connectivity index (χ3n) is 4.64. The maximum absolute atomic E-state index is 13.4. The summed E-state index contributed by atoms with van der Waals surface area (Å²) in [5.74, 6) is -0.724. The van der Waals surface area contributed by atoms with Gasteiger partial charge in [-0.3, -0.25) is 9.69 Å². The number of carbonyl (C=O) groups excluding carboxylic acids is 1. The van der Waals surface area contributed by atoms with Gasteiger partial charge < -0.3 is 5.32 Å². The van der Waals surface area contributed by atoms with Crippen molar-refractivity contribution in [2.75, 3.05) is 13.6 Å². The van der Waals surface area contributed by atoms with Crippen molar-refractivity contribution >= 4 is 5.91 Å². The first-order valence-electron chi connectivity index (χ1n) is 8.17. The Labute approximate surface area is 148 Å². The Hall–Kier alpha value is -2.41. The smallest absolute Gasteiger partial charge is 0.350 e. The molecule has 0 saturated carbocycles. The van der Waals surface area contributed by atoms with E-state index in [-0.39, 0.29) is 17.4 Å². The lowest BCUT2D eigenvalue weighted by atomic mass is 9.94. The molecule has 2 aromatic rings. The first kappa shape index (κ1) is 18.4. The van der Waals surface area contributed by atoms with Gasteiger partial charge in [0.05, 0.1) is 5.56 Å². The molecule has 7 heteroatoms. The van der Waals surface area contributed by atoms with Crippen LogP contribution in [-0.4, -0.2) is 30.4 Å². The zero-order valence-electron chi connectivity index (χ0n) is 14.1. The van der Waals surface area contributed by atoms with Gasteiger partial charge in [-0.05, 0) is 61.0 Å². The second-order valence-electron chi connectivity index (χ2n) is 6.47. The molecule has 0 aliphatic carbocycles. The van der Waals surface area contributed by atoms with E-state index in [9.17, 15) is 22.4 Å². The second kappa shape index (κ2) is 7.07. The van der Waals surface area contributed by atoms with Gasteiger partial charge in [-0.15, -0.1) is 0 Å². The summed E-state index contributed by atoms with van der Waals surface area (Å²) in [6.45, 7) is 0.975. The average Bonchev–Trinajstić information content (AvgIpc) is 2.59. The van der Waals surface area contributed by atoms with Gasteiger partial charge in [0.2, 0.25) is 0 Å². The SMILES string of the molecule is CN1Cc2ccc(F)cc2C[C@@H]1CNC(=O)c1ccc(C(F)(F)F)cc1. The number of rotatable bonds is 3. The van der Waals surface area contributed by atoms with Crippen LogP contribution in [0.2, 0.25) is 0 Å². The number of carbonyl (C=O) groups is 1. The molecule has 138 valence electrons. The van der Waals surface area contributed by atoms with E-state index in [0.29, 0.717) is 19.5 Å². The third kappa shape index (κ3) is 4.04. The number of hydrogen-bond acceptors (Lipinski definition) is 2. The molecule has 0 aromatic heterocycles. The van der Waals surface area contributed by atoms with E-state index in [1.54, 1.807) is 6.07 Å². The van der Waals surface area contributed by atoms with Crippen molar-refractivity contribution in [2.45, 2.75) is 25.2 Å². The Morgan fingerprint density at radius 2 is 1.85 bits per heavy atom. The summed E-state index contributed by atoms with van der Waals surface area (Å²) in [6.07, 6.45) is -3.83. The number of hydrogen-bond donors (Lipinski definition) is 1. The molecule has 3 nitrogen and oxygen atoms in total. The Kier molecular flexibility index (Phi) is 5.00. The van der Waals surface area contributed by atoms with Crippen LogP contribution in [0.3, 0.4) is 0 Å². The lowest BCUT2D eigenvalue weighted by Gasteiger charge is -2.34. The van der Waals surface area contributed by atoms with Crippen LogP contribution in [-0.2, 0) is 19.1 Å². The van der Waals surface area contributed by atoms with Crippen LogP contribution in [0.15, 0.2) is 42.5 Å². The van der Waals surface area contributed by atoms with Gasteiger partial charge in [-0.1, -0.05) is 6.07 Å². The number of nitrogens with one attached hydrogen (secondary N) is 1. The minimum Gasteiger partial charge on any atom is -0.350 e. The summed E-state index contributed by atoms with van der Waals surface area (Å²) in [6, 6.07) is 8.79. The minimum absolute atomic E-state index is 0.0114. The molecular formula is C19H18F4N2O. The summed E-state index contributed by atoms with van der Waals surface area (Å²) in [5.41, 5.74) is 1.35. The number of amides is 1. The van der Waals surface area contributed by atoms with Gasteiger partial charge in [-0.25, -0.2) is 4.39 Å². The maximum atomic E-state index is 13.4. The average molecular weight is 366 g/mol. The lowest BCUT2D eigenvalue weighted by molar-refractivity contribution is -0.137. The monoisotopic (exact) mass is 366 g/mol. The van der Waals surface area contributed by atoms with Crippen LogP contribution in [0.5, 0.6) is 0 Å². The summed E-state index contributed by atoms with van der Waals surface area (Å²) in [4.78, 5) is 14.2. The highest BCUT2D eigenvalue weighted by atomic mass is 19.4. The standard InChI is InChI=1S/C19H18F4N2O/c1-25-11-13-4-7-16(20)8-14(13)9-17(25)10-24-18(26)12-2-5-15(6-3-12)19(21,22)23/h2-8,17H,9-11H2,1H3,(H,24,26)/t17-/m1/s1. The van der Waals surface area contributed by atoms with Crippen molar-refractivity contribution in [2.24, 2.45) is 0 Å². The Morgan fingerprint density at radius 1 is 1.15 bits per heavy atom. The first-order chi connectivity index (χ1) is 12.2. The predicted octanol–water partition coefficient (Wildman–Crippen LogP) is 3.63. The summed E-state index contributed by atoms with van der Waals surface area (Å²) in [7, 11) is 1.92. The zero-order chi connectivity index (χ0) is 18.9. The molecule has 3 rings (SSSR count). The summed E-state index contributed by atoms with van der Waals surface area (Å²) >= 11 is 0. The number of benzene rings is 2. The van der Waals surface area contributed by atoms with Gasteiger partial charge in [0, 0.05) is 24.7 Å². The highest BCUT2D eigenvalue weighted by Gasteiger charge is 2.30. The topological polar surface area (TPSA) is 32.3 Å². The van der Waals surface area contributed by atoms with Crippen LogP contribution >= 0.6 is 0 Å².